The van der Waals surface area contributed by atoms with Crippen LogP contribution in [0.5, 0.6) is 0 Å². The Kier molecular flexibility index (Phi) is 4.03. The van der Waals surface area contributed by atoms with Crippen LogP contribution in [0.15, 0.2) is 45.8 Å². The molecule has 5 N–H and O–H groups in total. The minimum Gasteiger partial charge on any atom is -0.399 e. The maximum Gasteiger partial charge on any atom is 0.238 e. The fourth-order valence-corrected chi connectivity index (χ4v) is 2.92. The Morgan fingerprint density at radius 3 is 2.30 bits per heavy atom. The highest BCUT2D eigenvalue weighted by Gasteiger charge is 2.15. The van der Waals surface area contributed by atoms with Crippen LogP contribution in [-0.2, 0) is 10.0 Å². The molecule has 0 aliphatic heterocycles. The zero-order valence-corrected chi connectivity index (χ0v) is 13.1. The van der Waals surface area contributed by atoms with E-state index in [-0.39, 0.29) is 4.90 Å². The number of nitrogen functional groups attached to an aromatic ring is 1. The Morgan fingerprint density at radius 1 is 1.15 bits per heavy atom. The first-order valence-electron chi connectivity index (χ1n) is 5.73. The summed E-state index contributed by atoms with van der Waals surface area (Å²) in [6, 6.07) is 10.5. The van der Waals surface area contributed by atoms with Crippen molar-refractivity contribution in [3.63, 3.8) is 0 Å². The SMILES string of the molecule is Cc1c(Nc2ccc(Br)cc2)cc(N)cc1S(N)(=O)=O. The first kappa shape index (κ1) is 14.8. The zero-order chi connectivity index (χ0) is 14.9. The minimum atomic E-state index is -3.80. The zero-order valence-electron chi connectivity index (χ0n) is 10.7. The number of hydrogen-bond donors (Lipinski definition) is 3. The third-order valence-corrected chi connectivity index (χ3v) is 4.38. The monoisotopic (exact) mass is 355 g/mol. The second-order valence-electron chi connectivity index (χ2n) is 4.37. The van der Waals surface area contributed by atoms with E-state index in [1.54, 1.807) is 13.0 Å². The van der Waals surface area contributed by atoms with Gasteiger partial charge in [-0.15, -0.1) is 0 Å². The molecule has 20 heavy (non-hydrogen) atoms. The van der Waals surface area contributed by atoms with Crippen LogP contribution in [0.25, 0.3) is 0 Å². The van der Waals surface area contributed by atoms with E-state index in [0.29, 0.717) is 16.9 Å². The second kappa shape index (κ2) is 5.43. The number of nitrogens with two attached hydrogens (primary N) is 2. The number of anilines is 3. The Balaban J connectivity index is 2.47. The summed E-state index contributed by atoms with van der Waals surface area (Å²) in [6.45, 7) is 1.68. The maximum absolute atomic E-state index is 11.5. The molecular weight excluding hydrogens is 342 g/mol. The Bertz CT molecular complexity index is 743. The number of hydrogen-bond acceptors (Lipinski definition) is 4. The van der Waals surface area contributed by atoms with Gasteiger partial charge < -0.3 is 11.1 Å². The number of primary sulfonamides is 1. The molecule has 2 rings (SSSR count). The van der Waals surface area contributed by atoms with Gasteiger partial charge in [-0.1, -0.05) is 15.9 Å². The molecule has 0 atom stereocenters. The normalized spacial score (nSPS) is 11.3. The van der Waals surface area contributed by atoms with E-state index < -0.39 is 10.0 Å². The average molecular weight is 356 g/mol. The number of halogens is 1. The predicted molar refractivity (Wildman–Crippen MR) is 84.4 cm³/mol. The van der Waals surface area contributed by atoms with E-state index in [0.717, 1.165) is 10.2 Å². The molecule has 0 saturated carbocycles. The highest BCUT2D eigenvalue weighted by Crippen LogP contribution is 2.29. The number of rotatable bonds is 3. The smallest absolute Gasteiger partial charge is 0.238 e. The van der Waals surface area contributed by atoms with Crippen molar-refractivity contribution in [1.29, 1.82) is 0 Å². The van der Waals surface area contributed by atoms with Gasteiger partial charge in [0.05, 0.1) is 4.90 Å². The molecule has 2 aromatic carbocycles. The molecule has 0 amide bonds. The van der Waals surface area contributed by atoms with Crippen molar-refractivity contribution in [3.05, 3.63) is 46.4 Å². The largest absolute Gasteiger partial charge is 0.399 e. The van der Waals surface area contributed by atoms with Gasteiger partial charge in [-0.2, -0.15) is 0 Å². The first-order valence-corrected chi connectivity index (χ1v) is 8.07. The van der Waals surface area contributed by atoms with Crippen LogP contribution in [0.4, 0.5) is 17.1 Å². The van der Waals surface area contributed by atoms with Gasteiger partial charge in [-0.05, 0) is 48.9 Å². The summed E-state index contributed by atoms with van der Waals surface area (Å²) in [5.74, 6) is 0. The van der Waals surface area contributed by atoms with Gasteiger partial charge in [0, 0.05) is 21.5 Å². The van der Waals surface area contributed by atoms with E-state index in [1.807, 2.05) is 24.3 Å². The fourth-order valence-electron chi connectivity index (χ4n) is 1.82. The van der Waals surface area contributed by atoms with Crippen LogP contribution in [0.2, 0.25) is 0 Å². The summed E-state index contributed by atoms with van der Waals surface area (Å²) in [5.41, 5.74) is 8.03. The Morgan fingerprint density at radius 2 is 1.75 bits per heavy atom. The Labute approximate surface area is 126 Å². The molecule has 0 aliphatic rings. The van der Waals surface area contributed by atoms with E-state index in [4.69, 9.17) is 10.9 Å². The lowest BCUT2D eigenvalue weighted by molar-refractivity contribution is 0.597. The van der Waals surface area contributed by atoms with Gasteiger partial charge >= 0.3 is 0 Å². The van der Waals surface area contributed by atoms with Crippen LogP contribution >= 0.6 is 15.9 Å². The average Bonchev–Trinajstić information content (AvgIpc) is 2.35. The summed E-state index contributed by atoms with van der Waals surface area (Å²) in [7, 11) is -3.80. The third kappa shape index (κ3) is 3.30. The molecule has 106 valence electrons. The van der Waals surface area contributed by atoms with Crippen molar-refractivity contribution in [1.82, 2.24) is 0 Å². The van der Waals surface area contributed by atoms with Crippen LogP contribution in [-0.4, -0.2) is 8.42 Å². The summed E-state index contributed by atoms with van der Waals surface area (Å²) < 4.78 is 24.0. The van der Waals surface area contributed by atoms with Gasteiger partial charge in [0.25, 0.3) is 0 Å². The summed E-state index contributed by atoms with van der Waals surface area (Å²) in [5, 5.41) is 8.32. The molecule has 0 bridgehead atoms. The molecule has 0 unspecified atom stereocenters. The molecule has 0 aromatic heterocycles. The van der Waals surface area contributed by atoms with Crippen LogP contribution < -0.4 is 16.2 Å². The molecule has 0 saturated heterocycles. The lowest BCUT2D eigenvalue weighted by Crippen LogP contribution is -2.15. The molecule has 0 spiro atoms. The topological polar surface area (TPSA) is 98.2 Å². The van der Waals surface area contributed by atoms with Crippen molar-refractivity contribution in [2.75, 3.05) is 11.1 Å². The molecule has 0 heterocycles. The van der Waals surface area contributed by atoms with Gasteiger partial charge in [0.1, 0.15) is 0 Å². The number of sulfonamides is 1. The molecule has 2 aromatic rings. The first-order chi connectivity index (χ1) is 9.27. The van der Waals surface area contributed by atoms with E-state index in [9.17, 15) is 8.42 Å². The highest BCUT2D eigenvalue weighted by atomic mass is 79.9. The standard InChI is InChI=1S/C13H14BrN3O2S/c1-8-12(17-11-4-2-9(14)3-5-11)6-10(15)7-13(8)20(16,18)19/h2-7,17H,15H2,1H3,(H2,16,18,19). The summed E-state index contributed by atoms with van der Waals surface area (Å²) in [6.07, 6.45) is 0. The third-order valence-electron chi connectivity index (χ3n) is 2.81. The lowest BCUT2D eigenvalue weighted by Gasteiger charge is -2.13. The molecule has 0 radical (unpaired) electrons. The quantitative estimate of drug-likeness (QED) is 0.737. The number of benzene rings is 2. The molecule has 5 nitrogen and oxygen atoms in total. The molecule has 0 fully saturated rings. The molecule has 7 heteroatoms. The van der Waals surface area contributed by atoms with Gasteiger partial charge in [-0.25, -0.2) is 13.6 Å². The van der Waals surface area contributed by atoms with Crippen molar-refractivity contribution >= 4 is 43.0 Å². The van der Waals surface area contributed by atoms with Crippen molar-refractivity contribution in [2.45, 2.75) is 11.8 Å². The van der Waals surface area contributed by atoms with E-state index in [2.05, 4.69) is 21.2 Å². The predicted octanol–water partition coefficient (Wildman–Crippen LogP) is 2.73. The minimum absolute atomic E-state index is 0.0251. The highest BCUT2D eigenvalue weighted by molar-refractivity contribution is 9.10. The van der Waals surface area contributed by atoms with E-state index >= 15 is 0 Å². The van der Waals surface area contributed by atoms with Gasteiger partial charge in [-0.3, -0.25) is 0 Å². The van der Waals surface area contributed by atoms with Crippen molar-refractivity contribution in [2.24, 2.45) is 5.14 Å². The van der Waals surface area contributed by atoms with Crippen molar-refractivity contribution in [3.8, 4) is 0 Å². The molecule has 0 aliphatic carbocycles. The lowest BCUT2D eigenvalue weighted by atomic mass is 10.1. The van der Waals surface area contributed by atoms with Crippen LogP contribution in [0, 0.1) is 6.92 Å². The number of nitrogens with one attached hydrogen (secondary N) is 1. The van der Waals surface area contributed by atoms with Crippen LogP contribution in [0.1, 0.15) is 5.56 Å². The van der Waals surface area contributed by atoms with Gasteiger partial charge in [0.15, 0.2) is 0 Å². The Hall–Kier alpha value is -1.57. The van der Waals surface area contributed by atoms with Gasteiger partial charge in [0.2, 0.25) is 10.0 Å². The van der Waals surface area contributed by atoms with Crippen molar-refractivity contribution < 1.29 is 8.42 Å². The fraction of sp³-hybridized carbons (Fsp3) is 0.0769. The molecular formula is C13H14BrN3O2S. The maximum atomic E-state index is 11.5. The van der Waals surface area contributed by atoms with E-state index in [1.165, 1.54) is 6.07 Å². The van der Waals surface area contributed by atoms with Crippen LogP contribution in [0.3, 0.4) is 0 Å². The summed E-state index contributed by atoms with van der Waals surface area (Å²) in [4.78, 5) is 0.0251. The second-order valence-corrected chi connectivity index (χ2v) is 6.81. The summed E-state index contributed by atoms with van der Waals surface area (Å²) >= 11 is 3.35.